The van der Waals surface area contributed by atoms with Crippen LogP contribution in [0.2, 0.25) is 0 Å². The fraction of sp³-hybridized carbons (Fsp3) is 0.667. The number of nitrogens with one attached hydrogen (secondary N) is 1. The highest BCUT2D eigenvalue weighted by Crippen LogP contribution is 2.35. The molecule has 0 atom stereocenters. The molecule has 0 aromatic carbocycles. The molecular formula is C6H10N2O3. The molecular weight excluding hydrogens is 148 g/mol. The number of hydrogen-bond donors (Lipinski definition) is 3. The zero-order valence-corrected chi connectivity index (χ0v) is 5.96. The van der Waals surface area contributed by atoms with Crippen LogP contribution in [0, 0.1) is 0 Å². The topological polar surface area (TPSA) is 92.4 Å². The van der Waals surface area contributed by atoms with Crippen molar-refractivity contribution in [2.75, 3.05) is 6.54 Å². The first kappa shape index (κ1) is 8.00. The summed E-state index contributed by atoms with van der Waals surface area (Å²) in [7, 11) is 0. The highest BCUT2D eigenvalue weighted by atomic mass is 16.4. The Morgan fingerprint density at radius 1 is 1.55 bits per heavy atom. The van der Waals surface area contributed by atoms with Gasteiger partial charge in [0.05, 0.1) is 6.54 Å². The molecule has 62 valence electrons. The van der Waals surface area contributed by atoms with Crippen LogP contribution in [0.5, 0.6) is 0 Å². The van der Waals surface area contributed by atoms with Crippen LogP contribution < -0.4 is 11.1 Å². The van der Waals surface area contributed by atoms with Gasteiger partial charge in [0.25, 0.3) is 0 Å². The van der Waals surface area contributed by atoms with Crippen molar-refractivity contribution in [3.8, 4) is 0 Å². The van der Waals surface area contributed by atoms with E-state index in [2.05, 4.69) is 5.32 Å². The summed E-state index contributed by atoms with van der Waals surface area (Å²) in [5.74, 6) is -1.43. The molecule has 5 nitrogen and oxygen atoms in total. The lowest BCUT2D eigenvalue weighted by Crippen LogP contribution is -2.43. The first-order chi connectivity index (χ1) is 5.07. The number of carbonyl (C=O) groups is 2. The van der Waals surface area contributed by atoms with Crippen molar-refractivity contribution in [3.63, 3.8) is 0 Å². The van der Waals surface area contributed by atoms with Crippen LogP contribution in [0.3, 0.4) is 0 Å². The second-order valence-electron chi connectivity index (χ2n) is 2.71. The second kappa shape index (κ2) is 2.50. The summed E-state index contributed by atoms with van der Waals surface area (Å²) in [6.45, 7) is -0.0632. The van der Waals surface area contributed by atoms with Gasteiger partial charge in [-0.3, -0.25) is 14.9 Å². The number of amides is 1. The van der Waals surface area contributed by atoms with Crippen LogP contribution in [0.25, 0.3) is 0 Å². The van der Waals surface area contributed by atoms with Gasteiger partial charge in [0.2, 0.25) is 5.91 Å². The van der Waals surface area contributed by atoms with E-state index in [9.17, 15) is 9.59 Å². The summed E-state index contributed by atoms with van der Waals surface area (Å²) in [4.78, 5) is 20.7. The van der Waals surface area contributed by atoms with Crippen molar-refractivity contribution < 1.29 is 14.7 Å². The Kier molecular flexibility index (Phi) is 1.82. The molecule has 1 aliphatic carbocycles. The summed E-state index contributed by atoms with van der Waals surface area (Å²) < 4.78 is 0. The molecule has 0 radical (unpaired) electrons. The standard InChI is InChI=1S/C6H10N2O3/c7-4(9)3-8-6(1-2-6)5(10)11/h8H,1-3H2,(H2,7,9)(H,10,11). The normalized spacial score (nSPS) is 19.3. The van der Waals surface area contributed by atoms with E-state index < -0.39 is 17.4 Å². The van der Waals surface area contributed by atoms with E-state index >= 15 is 0 Å². The first-order valence-electron chi connectivity index (χ1n) is 3.33. The van der Waals surface area contributed by atoms with Crippen molar-refractivity contribution in [2.24, 2.45) is 5.73 Å². The average molecular weight is 158 g/mol. The molecule has 0 spiro atoms. The molecule has 0 heterocycles. The van der Waals surface area contributed by atoms with Crippen molar-refractivity contribution in [1.29, 1.82) is 0 Å². The Morgan fingerprint density at radius 3 is 2.36 bits per heavy atom. The second-order valence-corrected chi connectivity index (χ2v) is 2.71. The van der Waals surface area contributed by atoms with E-state index in [4.69, 9.17) is 10.8 Å². The molecule has 0 unspecified atom stereocenters. The van der Waals surface area contributed by atoms with Crippen molar-refractivity contribution in [3.05, 3.63) is 0 Å². The number of carbonyl (C=O) groups excluding carboxylic acids is 1. The zero-order chi connectivity index (χ0) is 8.48. The van der Waals surface area contributed by atoms with Gasteiger partial charge in [0.15, 0.2) is 0 Å². The first-order valence-corrected chi connectivity index (χ1v) is 3.33. The number of aliphatic carboxylic acids is 1. The molecule has 1 rings (SSSR count). The summed E-state index contributed by atoms with van der Waals surface area (Å²) in [5, 5.41) is 11.2. The van der Waals surface area contributed by atoms with Gasteiger partial charge in [-0.15, -0.1) is 0 Å². The molecule has 5 heteroatoms. The van der Waals surface area contributed by atoms with E-state index in [-0.39, 0.29) is 6.54 Å². The minimum atomic E-state index is -0.904. The lowest BCUT2D eigenvalue weighted by molar-refractivity contribution is -0.140. The highest BCUT2D eigenvalue weighted by molar-refractivity contribution is 5.84. The summed E-state index contributed by atoms with van der Waals surface area (Å²) in [5.41, 5.74) is 3.98. The van der Waals surface area contributed by atoms with E-state index in [0.717, 1.165) is 0 Å². The van der Waals surface area contributed by atoms with Gasteiger partial charge in [-0.2, -0.15) is 0 Å². The molecule has 1 fully saturated rings. The Balaban J connectivity index is 2.36. The van der Waals surface area contributed by atoms with Crippen LogP contribution in [-0.2, 0) is 9.59 Å². The Bertz CT molecular complexity index is 198. The molecule has 0 aromatic heterocycles. The number of carboxylic acid groups (broad SMARTS) is 1. The lowest BCUT2D eigenvalue weighted by atomic mass is 10.3. The third-order valence-corrected chi connectivity index (χ3v) is 1.76. The molecule has 1 saturated carbocycles. The lowest BCUT2D eigenvalue weighted by Gasteiger charge is -2.09. The Hall–Kier alpha value is -1.10. The van der Waals surface area contributed by atoms with Gasteiger partial charge in [0.1, 0.15) is 5.54 Å². The van der Waals surface area contributed by atoms with E-state index in [1.54, 1.807) is 0 Å². The van der Waals surface area contributed by atoms with Gasteiger partial charge >= 0.3 is 5.97 Å². The molecule has 0 bridgehead atoms. The molecule has 0 saturated heterocycles. The zero-order valence-electron chi connectivity index (χ0n) is 5.96. The quantitative estimate of drug-likeness (QED) is 0.473. The maximum Gasteiger partial charge on any atom is 0.323 e. The minimum Gasteiger partial charge on any atom is -0.480 e. The number of nitrogens with two attached hydrogens (primary N) is 1. The van der Waals surface area contributed by atoms with Gasteiger partial charge in [-0.25, -0.2) is 0 Å². The maximum atomic E-state index is 10.5. The number of hydrogen-bond acceptors (Lipinski definition) is 3. The van der Waals surface area contributed by atoms with Crippen molar-refractivity contribution >= 4 is 11.9 Å². The smallest absolute Gasteiger partial charge is 0.323 e. The molecule has 1 aliphatic rings. The van der Waals surface area contributed by atoms with Gasteiger partial charge in [-0.1, -0.05) is 0 Å². The fourth-order valence-electron chi connectivity index (χ4n) is 0.848. The molecule has 0 aliphatic heterocycles. The van der Waals surface area contributed by atoms with Crippen LogP contribution in [-0.4, -0.2) is 29.1 Å². The van der Waals surface area contributed by atoms with Crippen LogP contribution in [0.15, 0.2) is 0 Å². The Labute approximate surface area is 63.6 Å². The van der Waals surface area contributed by atoms with Crippen molar-refractivity contribution in [2.45, 2.75) is 18.4 Å². The number of primary amides is 1. The SMILES string of the molecule is NC(=O)CNC1(C(=O)O)CC1. The largest absolute Gasteiger partial charge is 0.480 e. The molecule has 0 aromatic rings. The summed E-state index contributed by atoms with van der Waals surface area (Å²) in [6, 6.07) is 0. The predicted molar refractivity (Wildman–Crippen MR) is 36.8 cm³/mol. The molecule has 1 amide bonds. The van der Waals surface area contributed by atoms with E-state index in [1.807, 2.05) is 0 Å². The number of carboxylic acids is 1. The van der Waals surface area contributed by atoms with Gasteiger partial charge in [0, 0.05) is 0 Å². The van der Waals surface area contributed by atoms with E-state index in [0.29, 0.717) is 12.8 Å². The van der Waals surface area contributed by atoms with Gasteiger partial charge < -0.3 is 10.8 Å². The van der Waals surface area contributed by atoms with Crippen LogP contribution in [0.4, 0.5) is 0 Å². The van der Waals surface area contributed by atoms with Crippen molar-refractivity contribution in [1.82, 2.24) is 5.32 Å². The number of rotatable bonds is 4. The highest BCUT2D eigenvalue weighted by Gasteiger charge is 2.49. The summed E-state index contributed by atoms with van der Waals surface area (Å²) in [6.07, 6.45) is 1.16. The van der Waals surface area contributed by atoms with Gasteiger partial charge in [-0.05, 0) is 12.8 Å². The Morgan fingerprint density at radius 2 is 2.09 bits per heavy atom. The predicted octanol–water partition coefficient (Wildman–Crippen LogP) is -1.32. The summed E-state index contributed by atoms with van der Waals surface area (Å²) >= 11 is 0. The molecule has 4 N–H and O–H groups in total. The third kappa shape index (κ3) is 1.68. The maximum absolute atomic E-state index is 10.5. The van der Waals surface area contributed by atoms with Crippen LogP contribution >= 0.6 is 0 Å². The average Bonchev–Trinajstić information content (AvgIpc) is 2.63. The monoisotopic (exact) mass is 158 g/mol. The fourth-order valence-corrected chi connectivity index (χ4v) is 0.848. The molecule has 11 heavy (non-hydrogen) atoms. The minimum absolute atomic E-state index is 0.0632. The third-order valence-electron chi connectivity index (χ3n) is 1.76. The van der Waals surface area contributed by atoms with Crippen LogP contribution in [0.1, 0.15) is 12.8 Å². The van der Waals surface area contributed by atoms with E-state index in [1.165, 1.54) is 0 Å².